The Bertz CT molecular complexity index is 427. The molecule has 1 aromatic rings. The van der Waals surface area contributed by atoms with Gasteiger partial charge >= 0.3 is 0 Å². The third-order valence-electron chi connectivity index (χ3n) is 3.17. The number of carbonyl (C=O) groups is 1. The molecule has 3 nitrogen and oxygen atoms in total. The second-order valence-corrected chi connectivity index (χ2v) is 5.35. The van der Waals surface area contributed by atoms with Crippen molar-refractivity contribution < 1.29 is 9.53 Å². The van der Waals surface area contributed by atoms with Gasteiger partial charge in [0.2, 0.25) is 0 Å². The van der Waals surface area contributed by atoms with Crippen molar-refractivity contribution in [3.05, 3.63) is 29.3 Å². The van der Waals surface area contributed by atoms with E-state index < -0.39 is 6.10 Å². The number of benzene rings is 1. The van der Waals surface area contributed by atoms with Gasteiger partial charge in [0.15, 0.2) is 6.10 Å². The van der Waals surface area contributed by atoms with Crippen molar-refractivity contribution >= 4 is 5.91 Å². The summed E-state index contributed by atoms with van der Waals surface area (Å²) >= 11 is 0. The first-order valence-electron chi connectivity index (χ1n) is 6.96. The quantitative estimate of drug-likeness (QED) is 0.855. The Balaban J connectivity index is 2.71. The second-order valence-electron chi connectivity index (χ2n) is 5.35. The number of carbonyl (C=O) groups excluding carboxylic acids is 1. The van der Waals surface area contributed by atoms with Gasteiger partial charge < -0.3 is 10.1 Å². The summed E-state index contributed by atoms with van der Waals surface area (Å²) in [6, 6.07) is 5.92. The van der Waals surface area contributed by atoms with Crippen LogP contribution in [0.1, 0.15) is 38.3 Å². The third kappa shape index (κ3) is 4.58. The summed E-state index contributed by atoms with van der Waals surface area (Å²) < 4.78 is 5.86. The number of hydrogen-bond donors (Lipinski definition) is 1. The van der Waals surface area contributed by atoms with Crippen LogP contribution in [0.25, 0.3) is 0 Å². The molecule has 106 valence electrons. The van der Waals surface area contributed by atoms with E-state index in [0.29, 0.717) is 18.9 Å². The van der Waals surface area contributed by atoms with Gasteiger partial charge in [0.05, 0.1) is 0 Å². The van der Waals surface area contributed by atoms with Crippen LogP contribution in [-0.4, -0.2) is 18.6 Å². The molecule has 0 unspecified atom stereocenters. The molecule has 19 heavy (non-hydrogen) atoms. The highest BCUT2D eigenvalue weighted by molar-refractivity contribution is 5.81. The number of ether oxygens (including phenoxy) is 1. The van der Waals surface area contributed by atoms with Crippen LogP contribution in [0, 0.1) is 19.8 Å². The Hall–Kier alpha value is -1.51. The van der Waals surface area contributed by atoms with Gasteiger partial charge in [-0.3, -0.25) is 4.79 Å². The lowest BCUT2D eigenvalue weighted by molar-refractivity contribution is -0.128. The van der Waals surface area contributed by atoms with Gasteiger partial charge in [0.25, 0.3) is 5.91 Å². The zero-order valence-electron chi connectivity index (χ0n) is 12.6. The van der Waals surface area contributed by atoms with Crippen LogP contribution in [0.2, 0.25) is 0 Å². The zero-order chi connectivity index (χ0) is 14.4. The standard InChI is InChI=1S/C16H25NO2/c1-6-14(16(18)17-10-11(2)3)19-15-9-7-8-12(4)13(15)5/h7-9,11,14H,6,10H2,1-5H3,(H,17,18)/t14-/m0/s1. The molecule has 0 bridgehead atoms. The minimum absolute atomic E-state index is 0.0305. The maximum absolute atomic E-state index is 12.0. The van der Waals surface area contributed by atoms with Crippen LogP contribution >= 0.6 is 0 Å². The second kappa shape index (κ2) is 7.17. The van der Waals surface area contributed by atoms with Crippen molar-refractivity contribution in [1.82, 2.24) is 5.32 Å². The smallest absolute Gasteiger partial charge is 0.261 e. The average molecular weight is 263 g/mol. The van der Waals surface area contributed by atoms with Gasteiger partial charge in [-0.1, -0.05) is 32.9 Å². The fourth-order valence-corrected chi connectivity index (χ4v) is 1.75. The molecule has 0 aliphatic carbocycles. The monoisotopic (exact) mass is 263 g/mol. The molecule has 1 rings (SSSR count). The summed E-state index contributed by atoms with van der Waals surface area (Å²) in [6.07, 6.45) is 0.247. The molecule has 0 saturated heterocycles. The molecular weight excluding hydrogens is 238 g/mol. The summed E-state index contributed by atoms with van der Waals surface area (Å²) in [7, 11) is 0. The number of nitrogens with one attached hydrogen (secondary N) is 1. The molecule has 0 aliphatic heterocycles. The maximum Gasteiger partial charge on any atom is 0.261 e. The molecule has 1 amide bonds. The van der Waals surface area contributed by atoms with Gasteiger partial charge in [0, 0.05) is 6.54 Å². The molecule has 0 saturated carbocycles. The van der Waals surface area contributed by atoms with E-state index in [0.717, 1.165) is 11.3 Å². The minimum Gasteiger partial charge on any atom is -0.480 e. The van der Waals surface area contributed by atoms with E-state index >= 15 is 0 Å². The Morgan fingerprint density at radius 3 is 2.58 bits per heavy atom. The van der Waals surface area contributed by atoms with Gasteiger partial charge in [-0.2, -0.15) is 0 Å². The van der Waals surface area contributed by atoms with Crippen LogP contribution in [0.15, 0.2) is 18.2 Å². The first-order chi connectivity index (χ1) is 8.95. The number of amides is 1. The molecule has 1 aromatic carbocycles. The van der Waals surface area contributed by atoms with E-state index in [-0.39, 0.29) is 5.91 Å². The fourth-order valence-electron chi connectivity index (χ4n) is 1.75. The Labute approximate surface area is 116 Å². The topological polar surface area (TPSA) is 38.3 Å². The minimum atomic E-state index is -0.417. The van der Waals surface area contributed by atoms with Gasteiger partial charge in [-0.15, -0.1) is 0 Å². The van der Waals surface area contributed by atoms with Crippen LogP contribution in [0.3, 0.4) is 0 Å². The predicted octanol–water partition coefficient (Wildman–Crippen LogP) is 3.23. The summed E-state index contributed by atoms with van der Waals surface area (Å²) in [5.41, 5.74) is 2.27. The SMILES string of the molecule is CC[C@H](Oc1cccc(C)c1C)C(=O)NCC(C)C. The predicted molar refractivity (Wildman–Crippen MR) is 78.5 cm³/mol. The van der Waals surface area contributed by atoms with Crippen LogP contribution in [-0.2, 0) is 4.79 Å². The van der Waals surface area contributed by atoms with Crippen LogP contribution in [0.4, 0.5) is 0 Å². The number of rotatable bonds is 6. The van der Waals surface area contributed by atoms with Crippen LogP contribution < -0.4 is 10.1 Å². The molecule has 1 atom stereocenters. The van der Waals surface area contributed by atoms with Crippen molar-refractivity contribution in [2.45, 2.75) is 47.1 Å². The highest BCUT2D eigenvalue weighted by atomic mass is 16.5. The lowest BCUT2D eigenvalue weighted by atomic mass is 10.1. The first kappa shape index (κ1) is 15.5. The lowest BCUT2D eigenvalue weighted by Crippen LogP contribution is -2.39. The fraction of sp³-hybridized carbons (Fsp3) is 0.562. The van der Waals surface area contributed by atoms with E-state index in [1.54, 1.807) is 0 Å². The summed E-state index contributed by atoms with van der Waals surface area (Å²) in [6.45, 7) is 10.9. The van der Waals surface area contributed by atoms with Crippen LogP contribution in [0.5, 0.6) is 5.75 Å². The van der Waals surface area contributed by atoms with E-state index in [1.807, 2.05) is 39.0 Å². The molecule has 0 heterocycles. The number of aryl methyl sites for hydroxylation is 1. The molecule has 0 fully saturated rings. The average Bonchev–Trinajstić information content (AvgIpc) is 2.37. The van der Waals surface area contributed by atoms with E-state index in [4.69, 9.17) is 4.74 Å². The summed E-state index contributed by atoms with van der Waals surface area (Å²) in [4.78, 5) is 12.0. The van der Waals surface area contributed by atoms with Crippen molar-refractivity contribution in [3.8, 4) is 5.75 Å². The summed E-state index contributed by atoms with van der Waals surface area (Å²) in [5, 5.41) is 2.92. The van der Waals surface area contributed by atoms with Crippen molar-refractivity contribution in [1.29, 1.82) is 0 Å². The first-order valence-corrected chi connectivity index (χ1v) is 6.96. The molecule has 0 spiro atoms. The van der Waals surface area contributed by atoms with Crippen molar-refractivity contribution in [3.63, 3.8) is 0 Å². The largest absolute Gasteiger partial charge is 0.480 e. The van der Waals surface area contributed by atoms with E-state index in [1.165, 1.54) is 5.56 Å². The molecule has 0 aromatic heterocycles. The Kier molecular flexibility index (Phi) is 5.87. The Morgan fingerprint density at radius 2 is 2.00 bits per heavy atom. The highest BCUT2D eigenvalue weighted by Gasteiger charge is 2.19. The van der Waals surface area contributed by atoms with Gasteiger partial charge in [-0.05, 0) is 43.4 Å². The maximum atomic E-state index is 12.0. The van der Waals surface area contributed by atoms with Crippen molar-refractivity contribution in [2.75, 3.05) is 6.54 Å². The van der Waals surface area contributed by atoms with E-state index in [2.05, 4.69) is 19.2 Å². The number of hydrogen-bond acceptors (Lipinski definition) is 2. The molecule has 0 radical (unpaired) electrons. The molecular formula is C16H25NO2. The highest BCUT2D eigenvalue weighted by Crippen LogP contribution is 2.22. The third-order valence-corrected chi connectivity index (χ3v) is 3.17. The molecule has 1 N–H and O–H groups in total. The van der Waals surface area contributed by atoms with Crippen molar-refractivity contribution in [2.24, 2.45) is 5.92 Å². The molecule has 3 heteroatoms. The van der Waals surface area contributed by atoms with Gasteiger partial charge in [-0.25, -0.2) is 0 Å². The zero-order valence-corrected chi connectivity index (χ0v) is 12.6. The normalized spacial score (nSPS) is 12.3. The van der Waals surface area contributed by atoms with Gasteiger partial charge in [0.1, 0.15) is 5.75 Å². The van der Waals surface area contributed by atoms with E-state index in [9.17, 15) is 4.79 Å². The lowest BCUT2D eigenvalue weighted by Gasteiger charge is -2.19. The Morgan fingerprint density at radius 1 is 1.32 bits per heavy atom. The molecule has 0 aliphatic rings. The summed E-state index contributed by atoms with van der Waals surface area (Å²) in [5.74, 6) is 1.21.